The lowest BCUT2D eigenvalue weighted by atomic mass is 10.1. The maximum Gasteiger partial charge on any atom is 0.325 e. The van der Waals surface area contributed by atoms with E-state index in [0.717, 1.165) is 17.2 Å². The highest BCUT2D eigenvalue weighted by atomic mass is 32.5. The zero-order valence-corrected chi connectivity index (χ0v) is 25.1. The number of anilines is 2. The van der Waals surface area contributed by atoms with Crippen LogP contribution in [0.1, 0.15) is 12.5 Å². The minimum atomic E-state index is -4.45. The van der Waals surface area contributed by atoms with Crippen LogP contribution in [0.15, 0.2) is 23.8 Å². The molecule has 0 amide bonds. The molecule has 6 heterocycles. The molecule has 0 aliphatic carbocycles. The van der Waals surface area contributed by atoms with Gasteiger partial charge >= 0.3 is 15.0 Å². The standard InChI is InChI=1S/C20H24F2N10O10P2S/c21-8-6(1-33)39-19(32-5-28-11-16(32)29-20(24)30-17(11)34)13(8)42-44(37,45)38-2-7-12(41-43(35)36)9(22)18(40-7)31-4-27-10-14(23)25-3-26-15(10)31/h3-9,12-13,18-19,33,43H,1-2H2,(H,35,36)(H,37,45)(H2,23,25,26)(H3,24,29,30,34)/t6-,7-,8-,9-,12-,13-,18-,19-,44?/m1/s1. The minimum absolute atomic E-state index is 0.0110. The number of H-pyrrole nitrogens is 1. The molecule has 0 aromatic carbocycles. The molecule has 4 aromatic rings. The number of rotatable bonds is 10. The molecule has 2 saturated heterocycles. The lowest BCUT2D eigenvalue weighted by molar-refractivity contribution is -0.0542. The number of nitrogens with two attached hydrogens (primary N) is 2. The molecule has 8 N–H and O–H groups in total. The fraction of sp³-hybridized carbons (Fsp3) is 0.500. The molecule has 2 fully saturated rings. The molecule has 2 aliphatic rings. The van der Waals surface area contributed by atoms with E-state index in [1.165, 1.54) is 10.9 Å². The Morgan fingerprint density at radius 1 is 1.04 bits per heavy atom. The quantitative estimate of drug-likeness (QED) is 0.108. The Balaban J connectivity index is 1.22. The zero-order chi connectivity index (χ0) is 32.2. The fourth-order valence-corrected chi connectivity index (χ4v) is 6.94. The molecular formula is C20H24F2N10O10P2S. The van der Waals surface area contributed by atoms with Gasteiger partial charge in [0.15, 0.2) is 47.4 Å². The van der Waals surface area contributed by atoms with Crippen molar-refractivity contribution >= 4 is 60.9 Å². The molecule has 10 atom stereocenters. The average Bonchev–Trinajstić information content (AvgIpc) is 3.73. The Morgan fingerprint density at radius 3 is 2.44 bits per heavy atom. The minimum Gasteiger partial charge on any atom is -0.394 e. The molecule has 2 unspecified atom stereocenters. The van der Waals surface area contributed by atoms with Gasteiger partial charge in [-0.3, -0.25) is 28.0 Å². The van der Waals surface area contributed by atoms with Crippen molar-refractivity contribution in [2.75, 3.05) is 24.7 Å². The first kappa shape index (κ1) is 31.9. The number of halogens is 2. The second-order valence-electron chi connectivity index (χ2n) is 9.74. The van der Waals surface area contributed by atoms with E-state index in [4.69, 9.17) is 46.3 Å². The maximum absolute atomic E-state index is 15.6. The Hall–Kier alpha value is -3.08. The van der Waals surface area contributed by atoms with Crippen LogP contribution in [0.4, 0.5) is 20.5 Å². The number of nitrogen functional groups attached to an aromatic ring is 2. The Labute approximate surface area is 254 Å². The van der Waals surface area contributed by atoms with Gasteiger partial charge in [-0.15, -0.1) is 0 Å². The van der Waals surface area contributed by atoms with Crippen LogP contribution in [0.25, 0.3) is 22.3 Å². The molecule has 0 saturated carbocycles. The van der Waals surface area contributed by atoms with E-state index in [0.29, 0.717) is 0 Å². The van der Waals surface area contributed by atoms with Crippen LogP contribution in [0, 0.1) is 0 Å². The van der Waals surface area contributed by atoms with E-state index in [1.807, 2.05) is 0 Å². The summed E-state index contributed by atoms with van der Waals surface area (Å²) in [6.07, 6.45) is -10.1. The normalized spacial score (nSPS) is 30.7. The summed E-state index contributed by atoms with van der Waals surface area (Å²) in [6.45, 7) is -6.01. The van der Waals surface area contributed by atoms with Gasteiger partial charge in [-0.05, 0) is 11.8 Å². The van der Waals surface area contributed by atoms with Crippen molar-refractivity contribution < 1.29 is 51.3 Å². The highest BCUT2D eigenvalue weighted by Crippen LogP contribution is 2.51. The summed E-state index contributed by atoms with van der Waals surface area (Å²) >= 11 is 5.09. The number of nitrogens with one attached hydrogen (secondary N) is 1. The monoisotopic (exact) mass is 696 g/mol. The van der Waals surface area contributed by atoms with Crippen LogP contribution in [-0.4, -0.2) is 104 Å². The number of imidazole rings is 2. The molecule has 0 bridgehead atoms. The maximum atomic E-state index is 15.6. The van der Waals surface area contributed by atoms with Gasteiger partial charge in [-0.1, -0.05) is 0 Å². The molecule has 0 spiro atoms. The summed E-state index contributed by atoms with van der Waals surface area (Å²) in [5.41, 5.74) is 10.7. The predicted molar refractivity (Wildman–Crippen MR) is 150 cm³/mol. The molecule has 244 valence electrons. The van der Waals surface area contributed by atoms with Crippen molar-refractivity contribution in [1.82, 2.24) is 39.0 Å². The molecular weight excluding hydrogens is 672 g/mol. The average molecular weight is 696 g/mol. The van der Waals surface area contributed by atoms with Gasteiger partial charge in [0.2, 0.25) is 5.95 Å². The predicted octanol–water partition coefficient (Wildman–Crippen LogP) is -1.03. The first-order valence-electron chi connectivity index (χ1n) is 12.8. The summed E-state index contributed by atoms with van der Waals surface area (Å²) in [5.74, 6) is -0.268. The van der Waals surface area contributed by atoms with E-state index < -0.39 is 83.0 Å². The van der Waals surface area contributed by atoms with E-state index in [2.05, 4.69) is 29.9 Å². The number of hydrogen-bond acceptors (Lipinski definition) is 16. The van der Waals surface area contributed by atoms with Crippen molar-refractivity contribution in [1.29, 1.82) is 0 Å². The molecule has 4 aromatic heterocycles. The third kappa shape index (κ3) is 5.97. The molecule has 20 nitrogen and oxygen atoms in total. The number of fused-ring (bicyclic) bond motifs is 2. The van der Waals surface area contributed by atoms with Gasteiger partial charge in [0.25, 0.3) is 5.56 Å². The summed E-state index contributed by atoms with van der Waals surface area (Å²) in [6, 6.07) is 0. The number of alkyl halides is 2. The van der Waals surface area contributed by atoms with Crippen LogP contribution in [0.3, 0.4) is 0 Å². The van der Waals surface area contributed by atoms with Gasteiger partial charge < -0.3 is 44.9 Å². The summed E-state index contributed by atoms with van der Waals surface area (Å²) < 4.78 is 71.9. The van der Waals surface area contributed by atoms with E-state index >= 15 is 8.78 Å². The van der Waals surface area contributed by atoms with E-state index in [9.17, 15) is 24.3 Å². The largest absolute Gasteiger partial charge is 0.394 e. The molecule has 6 rings (SSSR count). The highest BCUT2D eigenvalue weighted by Gasteiger charge is 2.51. The number of ether oxygens (including phenoxy) is 2. The number of aromatic nitrogens is 8. The van der Waals surface area contributed by atoms with Crippen LogP contribution in [0.5, 0.6) is 0 Å². The molecule has 0 radical (unpaired) electrons. The van der Waals surface area contributed by atoms with Gasteiger partial charge in [-0.25, -0.2) is 28.7 Å². The summed E-state index contributed by atoms with van der Waals surface area (Å²) in [5, 5.41) is 9.65. The molecule has 2 aliphatic heterocycles. The van der Waals surface area contributed by atoms with Crippen molar-refractivity contribution in [2.45, 2.75) is 49.2 Å². The van der Waals surface area contributed by atoms with Crippen LogP contribution in [0.2, 0.25) is 0 Å². The smallest absolute Gasteiger partial charge is 0.325 e. The fourth-order valence-electron chi connectivity index (χ4n) is 5.02. The zero-order valence-electron chi connectivity index (χ0n) is 22.4. The van der Waals surface area contributed by atoms with Gasteiger partial charge in [-0.2, -0.15) is 4.98 Å². The van der Waals surface area contributed by atoms with Gasteiger partial charge in [0.05, 0.1) is 25.9 Å². The summed E-state index contributed by atoms with van der Waals surface area (Å²) in [7, 11) is -3.71. The summed E-state index contributed by atoms with van der Waals surface area (Å²) in [4.78, 5) is 54.6. The second-order valence-corrected chi connectivity index (χ2v) is 13.3. The number of aromatic amines is 1. The van der Waals surface area contributed by atoms with Crippen molar-refractivity contribution in [3.8, 4) is 0 Å². The van der Waals surface area contributed by atoms with Crippen LogP contribution < -0.4 is 17.0 Å². The van der Waals surface area contributed by atoms with Gasteiger partial charge in [0, 0.05) is 0 Å². The number of aliphatic hydroxyl groups excluding tert-OH is 1. The number of nitrogens with zero attached hydrogens (tertiary/aromatic N) is 7. The first-order chi connectivity index (χ1) is 21.4. The van der Waals surface area contributed by atoms with Crippen LogP contribution >= 0.6 is 15.0 Å². The molecule has 45 heavy (non-hydrogen) atoms. The van der Waals surface area contributed by atoms with Crippen molar-refractivity contribution in [3.05, 3.63) is 29.3 Å². The third-order valence-electron chi connectivity index (χ3n) is 6.99. The topological polar surface area (TPSA) is 283 Å². The second kappa shape index (κ2) is 12.3. The van der Waals surface area contributed by atoms with Crippen molar-refractivity contribution in [3.63, 3.8) is 0 Å². The van der Waals surface area contributed by atoms with Crippen LogP contribution in [-0.2, 0) is 39.4 Å². The van der Waals surface area contributed by atoms with E-state index in [1.54, 1.807) is 0 Å². The Bertz CT molecular complexity index is 1870. The lowest BCUT2D eigenvalue weighted by Crippen LogP contribution is -2.34. The van der Waals surface area contributed by atoms with E-state index in [-0.39, 0.29) is 34.1 Å². The van der Waals surface area contributed by atoms with Gasteiger partial charge in [0.1, 0.15) is 36.3 Å². The third-order valence-corrected chi connectivity index (χ3v) is 9.02. The first-order valence-corrected chi connectivity index (χ1v) is 16.6. The number of aliphatic hydroxyl groups is 1. The van der Waals surface area contributed by atoms with Crippen molar-refractivity contribution in [2.24, 2.45) is 0 Å². The SMILES string of the molecule is Nc1nc2c(ncn2[C@@H]2O[C@H](CO)[C@@H](F)[C@H]2OP(O)(=S)OC[C@H]2O[C@@H](n3cnc4c(N)ncnc43)[C@H](F)[C@@H]2O[PH](=O)O)c(=O)[nH]1. The molecule has 25 heteroatoms. The number of hydrogen-bond donors (Lipinski definition) is 6. The Kier molecular flexibility index (Phi) is 8.69. The highest BCUT2D eigenvalue weighted by molar-refractivity contribution is 8.07. The lowest BCUT2D eigenvalue weighted by Gasteiger charge is -2.26. The Morgan fingerprint density at radius 2 is 1.73 bits per heavy atom.